The van der Waals surface area contributed by atoms with E-state index in [2.05, 4.69) is 20.2 Å². The number of hydrogen-bond acceptors (Lipinski definition) is 10. The van der Waals surface area contributed by atoms with Gasteiger partial charge in [0.25, 0.3) is 0 Å². The molecule has 0 saturated carbocycles. The molecule has 4 heterocycles. The highest BCUT2D eigenvalue weighted by atomic mass is 35.5. The van der Waals surface area contributed by atoms with Gasteiger partial charge < -0.3 is 11.5 Å². The van der Waals surface area contributed by atoms with E-state index in [1.165, 1.54) is 21.8 Å². The largest absolute Gasteiger partial charge is 0.446 e. The molecule has 0 amide bonds. The molecule has 0 aliphatic rings. The average molecular weight is 651 g/mol. The summed E-state index contributed by atoms with van der Waals surface area (Å²) in [6.45, 7) is 0. The van der Waals surface area contributed by atoms with Crippen LogP contribution in [-0.4, -0.2) is 40.5 Å². The first-order chi connectivity index (χ1) is 17.7. The molecule has 0 unspecified atom stereocenters. The lowest BCUT2D eigenvalue weighted by Crippen LogP contribution is -2.06. The Hall–Kier alpha value is -2.12. The standard InChI is InChI=1S/C18H10Cl2F6N8S4/c19-9-1-7(35-17(21,22)23)3-29-15(9)33-13(27)11(5-31-33)37-38-12-6-32-34(14(12)28)16-10(20)2-8(4-30-16)36-18(24,25)26/h1-6H,27-28H2. The Labute approximate surface area is 235 Å². The van der Waals surface area contributed by atoms with Crippen LogP contribution in [0.4, 0.5) is 38.0 Å². The van der Waals surface area contributed by atoms with E-state index in [4.69, 9.17) is 34.7 Å². The van der Waals surface area contributed by atoms with Gasteiger partial charge in [-0.15, -0.1) is 0 Å². The fourth-order valence-corrected chi connectivity index (χ4v) is 6.49. The van der Waals surface area contributed by atoms with E-state index in [-0.39, 0.29) is 66.6 Å². The van der Waals surface area contributed by atoms with E-state index in [0.29, 0.717) is 9.79 Å². The van der Waals surface area contributed by atoms with Gasteiger partial charge in [0.15, 0.2) is 11.6 Å². The molecule has 0 radical (unpaired) electrons. The maximum absolute atomic E-state index is 12.6. The number of halogens is 8. The van der Waals surface area contributed by atoms with Crippen molar-refractivity contribution in [2.45, 2.75) is 30.6 Å². The molecule has 4 rings (SSSR count). The molecule has 0 atom stereocenters. The summed E-state index contributed by atoms with van der Waals surface area (Å²) in [5.74, 6) is 0.295. The van der Waals surface area contributed by atoms with Gasteiger partial charge in [0.05, 0.1) is 32.2 Å². The van der Waals surface area contributed by atoms with Crippen LogP contribution in [0.2, 0.25) is 10.0 Å². The van der Waals surface area contributed by atoms with Gasteiger partial charge in [-0.3, -0.25) is 0 Å². The Morgan fingerprint density at radius 2 is 1.03 bits per heavy atom. The highest BCUT2D eigenvalue weighted by molar-refractivity contribution is 8.76. The fourth-order valence-electron chi connectivity index (χ4n) is 2.76. The predicted octanol–water partition coefficient (Wildman–Crippen LogP) is 7.34. The van der Waals surface area contributed by atoms with Crippen LogP contribution in [0.25, 0.3) is 11.6 Å². The molecule has 38 heavy (non-hydrogen) atoms. The number of rotatable bonds is 7. The van der Waals surface area contributed by atoms with E-state index in [1.807, 2.05) is 0 Å². The van der Waals surface area contributed by atoms with Gasteiger partial charge in [-0.05, 0) is 57.2 Å². The molecule has 4 aromatic heterocycles. The highest BCUT2D eigenvalue weighted by Gasteiger charge is 2.31. The van der Waals surface area contributed by atoms with Gasteiger partial charge in [-0.2, -0.15) is 45.9 Å². The molecule has 8 nitrogen and oxygen atoms in total. The lowest BCUT2D eigenvalue weighted by Gasteiger charge is -2.09. The first kappa shape index (κ1) is 28.9. The van der Waals surface area contributed by atoms with Crippen LogP contribution in [0.5, 0.6) is 0 Å². The minimum Gasteiger partial charge on any atom is -0.383 e. The van der Waals surface area contributed by atoms with Gasteiger partial charge in [0.1, 0.15) is 11.6 Å². The molecular formula is C18H10Cl2F6N8S4. The number of aromatic nitrogens is 6. The van der Waals surface area contributed by atoms with Crippen LogP contribution in [0, 0.1) is 0 Å². The third kappa shape index (κ3) is 6.90. The van der Waals surface area contributed by atoms with Crippen molar-refractivity contribution in [3.63, 3.8) is 0 Å². The van der Waals surface area contributed by atoms with Crippen molar-refractivity contribution < 1.29 is 26.3 Å². The number of alkyl halides is 6. The number of nitrogens with zero attached hydrogens (tertiary/aromatic N) is 6. The summed E-state index contributed by atoms with van der Waals surface area (Å²) in [6, 6.07) is 2.21. The Kier molecular flexibility index (Phi) is 8.49. The third-order valence-corrected chi connectivity index (χ3v) is 8.56. The number of hydrogen-bond donors (Lipinski definition) is 2. The summed E-state index contributed by atoms with van der Waals surface area (Å²) in [5.41, 5.74) is 3.29. The number of nitrogens with two attached hydrogens (primary N) is 2. The first-order valence-corrected chi connectivity index (χ1v) is 14.1. The topological polar surface area (TPSA) is 113 Å². The quantitative estimate of drug-likeness (QED) is 0.120. The summed E-state index contributed by atoms with van der Waals surface area (Å²) in [5, 5.41) is 8.03. The third-order valence-electron chi connectivity index (χ3n) is 4.23. The minimum atomic E-state index is -4.50. The highest BCUT2D eigenvalue weighted by Crippen LogP contribution is 2.44. The second-order valence-corrected chi connectivity index (χ2v) is 12.1. The molecule has 4 N–H and O–H groups in total. The van der Waals surface area contributed by atoms with Crippen LogP contribution in [-0.2, 0) is 0 Å². The average Bonchev–Trinajstić information content (AvgIpc) is 3.32. The van der Waals surface area contributed by atoms with Crippen molar-refractivity contribution >= 4 is 79.9 Å². The summed E-state index contributed by atoms with van der Waals surface area (Å²) < 4.78 is 77.9. The molecule has 0 fully saturated rings. The SMILES string of the molecule is Nc1c(SSc2cnn(-c3ncc(SC(F)(F)F)cc3Cl)c2N)cnn1-c1ncc(SC(F)(F)F)cc1Cl. The molecule has 0 aliphatic carbocycles. The van der Waals surface area contributed by atoms with Crippen molar-refractivity contribution in [2.24, 2.45) is 0 Å². The van der Waals surface area contributed by atoms with E-state index in [1.54, 1.807) is 0 Å². The normalized spacial score (nSPS) is 12.3. The molecule has 202 valence electrons. The number of anilines is 2. The molecule has 20 heteroatoms. The zero-order chi connectivity index (χ0) is 27.8. The fraction of sp³-hybridized carbons (Fsp3) is 0.111. The smallest absolute Gasteiger partial charge is 0.383 e. The second kappa shape index (κ2) is 11.2. The lowest BCUT2D eigenvalue weighted by atomic mass is 10.4. The van der Waals surface area contributed by atoms with Crippen LogP contribution < -0.4 is 11.5 Å². The predicted molar refractivity (Wildman–Crippen MR) is 137 cm³/mol. The molecular weight excluding hydrogens is 641 g/mol. The second-order valence-electron chi connectivity index (χ2n) is 6.83. The first-order valence-electron chi connectivity index (χ1n) is 9.56. The van der Waals surface area contributed by atoms with E-state index in [9.17, 15) is 26.3 Å². The van der Waals surface area contributed by atoms with Crippen molar-refractivity contribution in [3.8, 4) is 11.6 Å². The van der Waals surface area contributed by atoms with Crippen molar-refractivity contribution in [1.82, 2.24) is 29.5 Å². The monoisotopic (exact) mass is 650 g/mol. The van der Waals surface area contributed by atoms with Crippen molar-refractivity contribution in [1.29, 1.82) is 0 Å². The zero-order valence-electron chi connectivity index (χ0n) is 18.0. The Morgan fingerprint density at radius 1 is 0.658 bits per heavy atom. The Morgan fingerprint density at radius 3 is 1.34 bits per heavy atom. The van der Waals surface area contributed by atoms with Crippen molar-refractivity contribution in [3.05, 3.63) is 47.0 Å². The van der Waals surface area contributed by atoms with Crippen LogP contribution >= 0.6 is 68.3 Å². The van der Waals surface area contributed by atoms with Gasteiger partial charge in [0.2, 0.25) is 0 Å². The van der Waals surface area contributed by atoms with Gasteiger partial charge in [0, 0.05) is 22.2 Å². The summed E-state index contributed by atoms with van der Waals surface area (Å²) in [4.78, 5) is 8.41. The Balaban J connectivity index is 1.49. The van der Waals surface area contributed by atoms with E-state index >= 15 is 0 Å². The molecule has 4 aromatic rings. The van der Waals surface area contributed by atoms with E-state index in [0.717, 1.165) is 46.1 Å². The van der Waals surface area contributed by atoms with Crippen LogP contribution in [0.15, 0.2) is 56.5 Å². The number of thioether (sulfide) groups is 2. The summed E-state index contributed by atoms with van der Waals surface area (Å²) >= 11 is 11.5. The molecule has 0 aromatic carbocycles. The van der Waals surface area contributed by atoms with Gasteiger partial charge >= 0.3 is 11.0 Å². The molecule has 0 aliphatic heterocycles. The lowest BCUT2D eigenvalue weighted by molar-refractivity contribution is -0.0337. The zero-order valence-corrected chi connectivity index (χ0v) is 22.7. The Bertz CT molecular complexity index is 1370. The molecule has 0 spiro atoms. The van der Waals surface area contributed by atoms with Gasteiger partial charge in [-0.25, -0.2) is 9.97 Å². The number of nitrogen functional groups attached to an aromatic ring is 2. The summed E-state index contributed by atoms with van der Waals surface area (Å²) in [6.07, 6.45) is 4.81. The van der Waals surface area contributed by atoms with Crippen molar-refractivity contribution in [2.75, 3.05) is 11.5 Å². The molecule has 0 saturated heterocycles. The van der Waals surface area contributed by atoms with Crippen LogP contribution in [0.3, 0.4) is 0 Å². The van der Waals surface area contributed by atoms with Crippen LogP contribution in [0.1, 0.15) is 0 Å². The minimum absolute atomic E-state index is 0.0349. The molecule has 0 bridgehead atoms. The number of pyridine rings is 2. The van der Waals surface area contributed by atoms with E-state index < -0.39 is 11.0 Å². The summed E-state index contributed by atoms with van der Waals surface area (Å²) in [7, 11) is 2.28. The van der Waals surface area contributed by atoms with Gasteiger partial charge in [-0.1, -0.05) is 23.2 Å². The maximum atomic E-state index is 12.6. The maximum Gasteiger partial charge on any atom is 0.446 e.